The molecule has 0 fully saturated rings. The molecule has 9 nitrogen and oxygen atoms in total. The number of amides is 2. The minimum atomic E-state index is -0.323. The SMILES string of the molecule is COc1ccc(NC(=O)Cn2nnc(-c3ccccc3NC(=O)c3cccc(Cl)c3)n2)cc1. The van der Waals surface area contributed by atoms with Crippen LogP contribution >= 0.6 is 11.6 Å². The maximum atomic E-state index is 12.6. The number of carbonyl (C=O) groups is 2. The Hall–Kier alpha value is -4.24. The van der Waals surface area contributed by atoms with Gasteiger partial charge in [0.15, 0.2) is 0 Å². The standard InChI is InChI=1S/C23H19ClN6O3/c1-33-18-11-9-17(10-12-18)25-21(31)14-30-28-22(27-29-30)19-7-2-3-8-20(19)26-23(32)15-5-4-6-16(24)13-15/h2-13H,14H2,1H3,(H,25,31)(H,26,32). The van der Waals surface area contributed by atoms with Gasteiger partial charge < -0.3 is 15.4 Å². The fraction of sp³-hybridized carbons (Fsp3) is 0.0870. The molecule has 0 aliphatic carbocycles. The summed E-state index contributed by atoms with van der Waals surface area (Å²) in [6.07, 6.45) is 0. The zero-order chi connectivity index (χ0) is 23.2. The van der Waals surface area contributed by atoms with E-state index in [4.69, 9.17) is 16.3 Å². The Bertz CT molecular complexity index is 1290. The number of tetrazole rings is 1. The number of ether oxygens (including phenoxy) is 1. The summed E-state index contributed by atoms with van der Waals surface area (Å²) < 4.78 is 5.10. The first-order valence-corrected chi connectivity index (χ1v) is 10.3. The monoisotopic (exact) mass is 462 g/mol. The van der Waals surface area contributed by atoms with Gasteiger partial charge in [-0.2, -0.15) is 4.80 Å². The summed E-state index contributed by atoms with van der Waals surface area (Å²) in [5.41, 5.74) is 2.11. The fourth-order valence-corrected chi connectivity index (χ4v) is 3.22. The van der Waals surface area contributed by atoms with Crippen molar-refractivity contribution in [3.8, 4) is 17.1 Å². The third-order valence-electron chi connectivity index (χ3n) is 4.61. The lowest BCUT2D eigenvalue weighted by Crippen LogP contribution is -2.20. The zero-order valence-electron chi connectivity index (χ0n) is 17.5. The van der Waals surface area contributed by atoms with E-state index in [1.54, 1.807) is 79.9 Å². The summed E-state index contributed by atoms with van der Waals surface area (Å²) in [5.74, 6) is 0.328. The second kappa shape index (κ2) is 9.92. The Balaban J connectivity index is 1.46. The molecule has 3 aromatic carbocycles. The molecule has 4 aromatic rings. The number of benzene rings is 3. The molecule has 0 saturated heterocycles. The van der Waals surface area contributed by atoms with E-state index in [0.717, 1.165) is 0 Å². The molecule has 0 saturated carbocycles. The average Bonchev–Trinajstić information content (AvgIpc) is 3.28. The van der Waals surface area contributed by atoms with Gasteiger partial charge in [-0.3, -0.25) is 9.59 Å². The summed E-state index contributed by atoms with van der Waals surface area (Å²) in [6, 6.07) is 20.7. The van der Waals surface area contributed by atoms with Gasteiger partial charge in [-0.15, -0.1) is 10.2 Å². The summed E-state index contributed by atoms with van der Waals surface area (Å²) in [4.78, 5) is 26.1. The van der Waals surface area contributed by atoms with Crippen molar-refractivity contribution in [1.29, 1.82) is 0 Å². The van der Waals surface area contributed by atoms with Gasteiger partial charge in [-0.1, -0.05) is 29.8 Å². The van der Waals surface area contributed by atoms with Crippen molar-refractivity contribution < 1.29 is 14.3 Å². The molecule has 2 amide bonds. The van der Waals surface area contributed by atoms with Gasteiger partial charge in [0.2, 0.25) is 11.7 Å². The van der Waals surface area contributed by atoms with E-state index in [1.807, 2.05) is 0 Å². The second-order valence-electron chi connectivity index (χ2n) is 6.93. The zero-order valence-corrected chi connectivity index (χ0v) is 18.3. The number of halogens is 1. The van der Waals surface area contributed by atoms with Crippen molar-refractivity contribution >= 4 is 34.8 Å². The maximum Gasteiger partial charge on any atom is 0.255 e. The number of hydrogen-bond donors (Lipinski definition) is 2. The summed E-state index contributed by atoms with van der Waals surface area (Å²) in [6.45, 7) is -0.129. The van der Waals surface area contributed by atoms with Crippen molar-refractivity contribution in [2.75, 3.05) is 17.7 Å². The number of hydrogen-bond acceptors (Lipinski definition) is 6. The van der Waals surface area contributed by atoms with Crippen LogP contribution in [0, 0.1) is 0 Å². The number of anilines is 2. The van der Waals surface area contributed by atoms with Gasteiger partial charge in [0.1, 0.15) is 12.3 Å². The van der Waals surface area contributed by atoms with Crippen molar-refractivity contribution in [1.82, 2.24) is 20.2 Å². The largest absolute Gasteiger partial charge is 0.497 e. The average molecular weight is 463 g/mol. The van der Waals surface area contributed by atoms with E-state index in [-0.39, 0.29) is 24.2 Å². The molecule has 1 aromatic heterocycles. The number of nitrogens with one attached hydrogen (secondary N) is 2. The first-order valence-electron chi connectivity index (χ1n) is 9.90. The summed E-state index contributed by atoms with van der Waals surface area (Å²) in [5, 5.41) is 18.3. The molecule has 4 rings (SSSR count). The van der Waals surface area contributed by atoms with Crippen molar-refractivity contribution in [2.45, 2.75) is 6.54 Å². The molecule has 0 bridgehead atoms. The predicted octanol–water partition coefficient (Wildman–Crippen LogP) is 3.89. The number of carbonyl (C=O) groups excluding carboxylic acids is 2. The van der Waals surface area contributed by atoms with Crippen molar-refractivity contribution in [3.05, 3.63) is 83.4 Å². The maximum absolute atomic E-state index is 12.6. The van der Waals surface area contributed by atoms with Gasteiger partial charge in [0, 0.05) is 21.8 Å². The molecule has 0 unspecified atom stereocenters. The quantitative estimate of drug-likeness (QED) is 0.431. The molecule has 0 aliphatic heterocycles. The Labute approximate surface area is 194 Å². The van der Waals surface area contributed by atoms with Crippen LogP contribution in [-0.2, 0) is 11.3 Å². The van der Waals surface area contributed by atoms with Crippen LogP contribution in [0.2, 0.25) is 5.02 Å². The van der Waals surface area contributed by atoms with E-state index in [2.05, 4.69) is 26.0 Å². The van der Waals surface area contributed by atoms with Crippen LogP contribution in [0.15, 0.2) is 72.8 Å². The molecule has 166 valence electrons. The van der Waals surface area contributed by atoms with Gasteiger partial charge >= 0.3 is 0 Å². The van der Waals surface area contributed by atoms with Gasteiger partial charge in [0.05, 0.1) is 12.8 Å². The second-order valence-corrected chi connectivity index (χ2v) is 7.37. The lowest BCUT2D eigenvalue weighted by Gasteiger charge is -2.09. The van der Waals surface area contributed by atoms with E-state index in [9.17, 15) is 9.59 Å². The molecule has 0 spiro atoms. The van der Waals surface area contributed by atoms with Crippen LogP contribution in [0.5, 0.6) is 5.75 Å². The third-order valence-corrected chi connectivity index (χ3v) is 4.85. The molecule has 0 aliphatic rings. The number of rotatable bonds is 7. The van der Waals surface area contributed by atoms with E-state index >= 15 is 0 Å². The number of para-hydroxylation sites is 1. The highest BCUT2D eigenvalue weighted by Gasteiger charge is 2.15. The molecule has 0 atom stereocenters. The van der Waals surface area contributed by atoms with E-state index in [1.165, 1.54) is 4.80 Å². The number of methoxy groups -OCH3 is 1. The first-order chi connectivity index (χ1) is 16.0. The molecule has 0 radical (unpaired) electrons. The minimum Gasteiger partial charge on any atom is -0.497 e. The van der Waals surface area contributed by atoms with Crippen molar-refractivity contribution in [3.63, 3.8) is 0 Å². The normalized spacial score (nSPS) is 10.5. The lowest BCUT2D eigenvalue weighted by atomic mass is 10.1. The van der Waals surface area contributed by atoms with Gasteiger partial charge in [-0.05, 0) is 59.8 Å². The molecular formula is C23H19ClN6O3. The van der Waals surface area contributed by atoms with Crippen molar-refractivity contribution in [2.24, 2.45) is 0 Å². The summed E-state index contributed by atoms with van der Waals surface area (Å²) >= 11 is 5.98. The molecule has 1 heterocycles. The van der Waals surface area contributed by atoms with Crippen LogP contribution in [0.1, 0.15) is 10.4 Å². The topological polar surface area (TPSA) is 111 Å². The summed E-state index contributed by atoms with van der Waals surface area (Å²) in [7, 11) is 1.57. The molecular weight excluding hydrogens is 444 g/mol. The van der Waals surface area contributed by atoms with Crippen LogP contribution in [0.3, 0.4) is 0 Å². The van der Waals surface area contributed by atoms with Gasteiger partial charge in [-0.25, -0.2) is 0 Å². The highest BCUT2D eigenvalue weighted by atomic mass is 35.5. The Morgan fingerprint density at radius 2 is 1.79 bits per heavy atom. The van der Waals surface area contributed by atoms with Crippen LogP contribution in [0.4, 0.5) is 11.4 Å². The minimum absolute atomic E-state index is 0.129. The first kappa shape index (κ1) is 22.0. The molecule has 33 heavy (non-hydrogen) atoms. The fourth-order valence-electron chi connectivity index (χ4n) is 3.03. The smallest absolute Gasteiger partial charge is 0.255 e. The third kappa shape index (κ3) is 5.52. The van der Waals surface area contributed by atoms with E-state index in [0.29, 0.717) is 33.3 Å². The van der Waals surface area contributed by atoms with E-state index < -0.39 is 0 Å². The Morgan fingerprint density at radius 3 is 2.55 bits per heavy atom. The van der Waals surface area contributed by atoms with Crippen LogP contribution in [0.25, 0.3) is 11.4 Å². The highest BCUT2D eigenvalue weighted by molar-refractivity contribution is 6.31. The molecule has 2 N–H and O–H groups in total. The number of nitrogens with zero attached hydrogens (tertiary/aromatic N) is 4. The predicted molar refractivity (Wildman–Crippen MR) is 124 cm³/mol. The molecule has 10 heteroatoms. The highest BCUT2D eigenvalue weighted by Crippen LogP contribution is 2.25. The van der Waals surface area contributed by atoms with Crippen LogP contribution in [-0.4, -0.2) is 39.1 Å². The number of aromatic nitrogens is 4. The van der Waals surface area contributed by atoms with Crippen LogP contribution < -0.4 is 15.4 Å². The lowest BCUT2D eigenvalue weighted by molar-refractivity contribution is -0.117. The van der Waals surface area contributed by atoms with Gasteiger partial charge in [0.25, 0.3) is 5.91 Å². The Kier molecular flexibility index (Phi) is 6.61. The Morgan fingerprint density at radius 1 is 1.00 bits per heavy atom.